The van der Waals surface area contributed by atoms with Gasteiger partial charge in [-0.15, -0.1) is 0 Å². The highest BCUT2D eigenvalue weighted by molar-refractivity contribution is 7.99. The monoisotopic (exact) mass is 395 g/mol. The van der Waals surface area contributed by atoms with Gasteiger partial charge in [0.2, 0.25) is 5.91 Å². The number of imidazole rings is 1. The molecule has 3 aromatic rings. The van der Waals surface area contributed by atoms with Crippen LogP contribution in [0.3, 0.4) is 0 Å². The highest BCUT2D eigenvalue weighted by Crippen LogP contribution is 2.26. The average molecular weight is 396 g/mol. The number of nitrogens with zero attached hydrogens (tertiary/aromatic N) is 2. The lowest BCUT2D eigenvalue weighted by atomic mass is 10.1. The van der Waals surface area contributed by atoms with Crippen molar-refractivity contribution in [2.45, 2.75) is 25.5 Å². The quantitative estimate of drug-likeness (QED) is 0.569. The van der Waals surface area contributed by atoms with Crippen LogP contribution in [0.2, 0.25) is 0 Å². The summed E-state index contributed by atoms with van der Waals surface area (Å²) in [5, 5.41) is 3.74. The summed E-state index contributed by atoms with van der Waals surface area (Å²) >= 11 is 1.43. The summed E-state index contributed by atoms with van der Waals surface area (Å²) in [5.74, 6) is 0.248. The molecule has 0 unspecified atom stereocenters. The Balaban J connectivity index is 1.71. The third kappa shape index (κ3) is 5.24. The molecule has 0 saturated heterocycles. The number of amides is 1. The zero-order valence-corrected chi connectivity index (χ0v) is 17.3. The van der Waals surface area contributed by atoms with Gasteiger partial charge in [0.05, 0.1) is 24.3 Å². The Morgan fingerprint density at radius 1 is 1.07 bits per heavy atom. The number of ether oxygens (including phenoxy) is 1. The van der Waals surface area contributed by atoms with E-state index < -0.39 is 0 Å². The molecule has 146 valence electrons. The molecule has 0 saturated carbocycles. The zero-order chi connectivity index (χ0) is 19.9. The van der Waals surface area contributed by atoms with Crippen molar-refractivity contribution in [3.8, 4) is 11.3 Å². The Hall–Kier alpha value is -2.57. The molecule has 0 bridgehead atoms. The van der Waals surface area contributed by atoms with Crippen LogP contribution in [-0.2, 0) is 16.1 Å². The molecule has 0 aliphatic heterocycles. The van der Waals surface area contributed by atoms with Crippen LogP contribution in [0.15, 0.2) is 59.9 Å². The second kappa shape index (κ2) is 9.57. The number of anilines is 1. The molecular formula is C22H25N3O2S. The summed E-state index contributed by atoms with van der Waals surface area (Å²) in [7, 11) is 1.68. The number of carbonyl (C=O) groups excluding carboxylic acids is 1. The van der Waals surface area contributed by atoms with Gasteiger partial charge in [0.25, 0.3) is 0 Å². The van der Waals surface area contributed by atoms with Gasteiger partial charge in [-0.05, 0) is 31.5 Å². The van der Waals surface area contributed by atoms with Crippen LogP contribution in [0.25, 0.3) is 11.3 Å². The summed E-state index contributed by atoms with van der Waals surface area (Å²) < 4.78 is 7.37. The van der Waals surface area contributed by atoms with E-state index in [1.54, 1.807) is 7.11 Å². The molecule has 6 heteroatoms. The van der Waals surface area contributed by atoms with Crippen LogP contribution in [0, 0.1) is 13.8 Å². The Labute approximate surface area is 170 Å². The number of aryl methyl sites for hydroxylation is 2. The van der Waals surface area contributed by atoms with Crippen LogP contribution >= 0.6 is 11.8 Å². The van der Waals surface area contributed by atoms with Crippen molar-refractivity contribution in [2.24, 2.45) is 0 Å². The molecular weight excluding hydrogens is 370 g/mol. The third-order valence-corrected chi connectivity index (χ3v) is 5.34. The molecule has 1 aromatic heterocycles. The molecule has 28 heavy (non-hydrogen) atoms. The van der Waals surface area contributed by atoms with Gasteiger partial charge in [-0.3, -0.25) is 4.79 Å². The van der Waals surface area contributed by atoms with Gasteiger partial charge in [-0.2, -0.15) is 0 Å². The number of rotatable bonds is 8. The first-order chi connectivity index (χ1) is 13.6. The van der Waals surface area contributed by atoms with E-state index in [0.717, 1.165) is 27.7 Å². The summed E-state index contributed by atoms with van der Waals surface area (Å²) in [6, 6.07) is 16.1. The van der Waals surface area contributed by atoms with Crippen LogP contribution in [0.5, 0.6) is 0 Å². The first-order valence-electron chi connectivity index (χ1n) is 9.17. The van der Waals surface area contributed by atoms with E-state index in [1.807, 2.05) is 37.4 Å². The van der Waals surface area contributed by atoms with Gasteiger partial charge in [-0.25, -0.2) is 4.98 Å². The number of carbonyl (C=O) groups is 1. The van der Waals surface area contributed by atoms with Crippen molar-refractivity contribution >= 4 is 23.4 Å². The van der Waals surface area contributed by atoms with Crippen molar-refractivity contribution in [1.82, 2.24) is 9.55 Å². The molecule has 0 aliphatic carbocycles. The number of benzene rings is 2. The first kappa shape index (κ1) is 20.2. The van der Waals surface area contributed by atoms with Crippen molar-refractivity contribution in [3.63, 3.8) is 0 Å². The fourth-order valence-electron chi connectivity index (χ4n) is 2.79. The van der Waals surface area contributed by atoms with Crippen molar-refractivity contribution in [2.75, 3.05) is 24.8 Å². The summed E-state index contributed by atoms with van der Waals surface area (Å²) in [6.07, 6.45) is 1.86. The number of aromatic nitrogens is 2. The second-order valence-corrected chi connectivity index (χ2v) is 7.58. The molecule has 0 fully saturated rings. The maximum absolute atomic E-state index is 12.3. The molecule has 0 aliphatic rings. The molecule has 0 atom stereocenters. The normalized spacial score (nSPS) is 10.8. The minimum Gasteiger partial charge on any atom is -0.383 e. The smallest absolute Gasteiger partial charge is 0.234 e. The van der Waals surface area contributed by atoms with E-state index in [2.05, 4.69) is 46.1 Å². The van der Waals surface area contributed by atoms with E-state index in [4.69, 9.17) is 4.74 Å². The zero-order valence-electron chi connectivity index (χ0n) is 16.4. The summed E-state index contributed by atoms with van der Waals surface area (Å²) in [6.45, 7) is 5.35. The number of hydrogen-bond donors (Lipinski definition) is 1. The number of nitrogens with one attached hydrogen (secondary N) is 1. The maximum atomic E-state index is 12.3. The molecule has 0 radical (unpaired) electrons. The first-order valence-corrected chi connectivity index (χ1v) is 10.2. The van der Waals surface area contributed by atoms with E-state index in [0.29, 0.717) is 18.9 Å². The van der Waals surface area contributed by atoms with Crippen LogP contribution in [-0.4, -0.2) is 34.9 Å². The van der Waals surface area contributed by atoms with E-state index in [9.17, 15) is 4.79 Å². The second-order valence-electron chi connectivity index (χ2n) is 6.64. The van der Waals surface area contributed by atoms with Gasteiger partial charge < -0.3 is 14.6 Å². The van der Waals surface area contributed by atoms with Gasteiger partial charge in [-0.1, -0.05) is 59.3 Å². The minimum absolute atomic E-state index is 0.0490. The van der Waals surface area contributed by atoms with Gasteiger partial charge >= 0.3 is 0 Å². The Bertz CT molecular complexity index is 918. The molecule has 3 rings (SSSR count). The standard InChI is InChI=1S/C22H25N3O2S/c1-16-4-8-18(9-5-16)20-14-23-22(25(20)12-13-27-3)28-15-21(26)24-19-10-6-17(2)7-11-19/h4-11,14H,12-13,15H2,1-3H3,(H,24,26). The number of hydrogen-bond acceptors (Lipinski definition) is 4. The highest BCUT2D eigenvalue weighted by Gasteiger charge is 2.14. The predicted octanol–water partition coefficient (Wildman–Crippen LogP) is 4.54. The summed E-state index contributed by atoms with van der Waals surface area (Å²) in [4.78, 5) is 16.9. The van der Waals surface area contributed by atoms with Crippen molar-refractivity contribution in [1.29, 1.82) is 0 Å². The molecule has 1 N–H and O–H groups in total. The van der Waals surface area contributed by atoms with Gasteiger partial charge in [0, 0.05) is 19.3 Å². The fraction of sp³-hybridized carbons (Fsp3) is 0.273. The van der Waals surface area contributed by atoms with Crippen LogP contribution in [0.4, 0.5) is 5.69 Å². The van der Waals surface area contributed by atoms with Crippen molar-refractivity contribution < 1.29 is 9.53 Å². The van der Waals surface area contributed by atoms with Crippen LogP contribution in [0.1, 0.15) is 11.1 Å². The molecule has 0 spiro atoms. The Morgan fingerprint density at radius 3 is 2.36 bits per heavy atom. The molecule has 1 amide bonds. The molecule has 1 heterocycles. The number of methoxy groups -OCH3 is 1. The topological polar surface area (TPSA) is 56.2 Å². The van der Waals surface area contributed by atoms with Crippen LogP contribution < -0.4 is 5.32 Å². The number of thioether (sulfide) groups is 1. The van der Waals surface area contributed by atoms with E-state index in [-0.39, 0.29) is 5.91 Å². The predicted molar refractivity (Wildman–Crippen MR) is 115 cm³/mol. The lowest BCUT2D eigenvalue weighted by molar-refractivity contribution is -0.113. The van der Waals surface area contributed by atoms with E-state index in [1.165, 1.54) is 17.3 Å². The fourth-order valence-corrected chi connectivity index (χ4v) is 3.60. The minimum atomic E-state index is -0.0490. The largest absolute Gasteiger partial charge is 0.383 e. The van der Waals surface area contributed by atoms with Crippen molar-refractivity contribution in [3.05, 3.63) is 65.9 Å². The molecule has 5 nitrogen and oxygen atoms in total. The van der Waals surface area contributed by atoms with E-state index >= 15 is 0 Å². The lowest BCUT2D eigenvalue weighted by Gasteiger charge is -2.12. The van der Waals surface area contributed by atoms with Gasteiger partial charge in [0.1, 0.15) is 0 Å². The SMILES string of the molecule is COCCn1c(-c2ccc(C)cc2)cnc1SCC(=O)Nc1ccc(C)cc1. The Kier molecular flexibility index (Phi) is 6.90. The Morgan fingerprint density at radius 2 is 1.71 bits per heavy atom. The third-order valence-electron chi connectivity index (χ3n) is 4.35. The summed E-state index contributed by atoms with van der Waals surface area (Å²) in [5.41, 5.74) is 5.31. The average Bonchev–Trinajstić information content (AvgIpc) is 3.10. The lowest BCUT2D eigenvalue weighted by Crippen LogP contribution is -2.15. The highest BCUT2D eigenvalue weighted by atomic mass is 32.2. The maximum Gasteiger partial charge on any atom is 0.234 e. The van der Waals surface area contributed by atoms with Gasteiger partial charge in [0.15, 0.2) is 5.16 Å². The molecule has 2 aromatic carbocycles.